The van der Waals surface area contributed by atoms with Gasteiger partial charge < -0.3 is 5.32 Å². The number of likely N-dealkylation sites (tertiary alicyclic amines) is 1. The predicted molar refractivity (Wildman–Crippen MR) is 51.7 cm³/mol. The van der Waals surface area contributed by atoms with Crippen molar-refractivity contribution >= 4 is 0 Å². The summed E-state index contributed by atoms with van der Waals surface area (Å²) in [6.07, 6.45) is -2.63. The molecule has 1 saturated heterocycles. The van der Waals surface area contributed by atoms with Crippen LogP contribution in [0.5, 0.6) is 0 Å². The van der Waals surface area contributed by atoms with Gasteiger partial charge >= 0.3 is 6.18 Å². The average Bonchev–Trinajstić information content (AvgIpc) is 2.83. The van der Waals surface area contributed by atoms with Crippen LogP contribution in [0.3, 0.4) is 0 Å². The number of rotatable bonds is 3. The van der Waals surface area contributed by atoms with Crippen LogP contribution in [-0.4, -0.2) is 42.3 Å². The smallest absolute Gasteiger partial charge is 0.313 e. The maximum atomic E-state index is 12.8. The van der Waals surface area contributed by atoms with Crippen molar-refractivity contribution in [2.75, 3.05) is 19.6 Å². The van der Waals surface area contributed by atoms with E-state index in [4.69, 9.17) is 0 Å². The molecule has 0 amide bonds. The van der Waals surface area contributed by atoms with Crippen LogP contribution in [0.1, 0.15) is 26.2 Å². The molecule has 1 saturated carbocycles. The summed E-state index contributed by atoms with van der Waals surface area (Å²) in [4.78, 5) is 1.63. The minimum absolute atomic E-state index is 0.245. The van der Waals surface area contributed by atoms with Gasteiger partial charge in [-0.3, -0.25) is 4.90 Å². The highest BCUT2D eigenvalue weighted by Gasteiger charge is 2.67. The van der Waals surface area contributed by atoms with Gasteiger partial charge in [0.05, 0.1) is 0 Å². The molecule has 0 aromatic heterocycles. The minimum Gasteiger partial charge on any atom is -0.313 e. The summed E-state index contributed by atoms with van der Waals surface area (Å²) in [6, 6.07) is 0.245. The Hall–Kier alpha value is -0.290. The number of alkyl halides is 3. The number of hydrogen-bond acceptors (Lipinski definition) is 2. The lowest BCUT2D eigenvalue weighted by Crippen LogP contribution is -2.48. The van der Waals surface area contributed by atoms with Crippen molar-refractivity contribution in [2.45, 2.75) is 43.9 Å². The third-order valence-corrected chi connectivity index (χ3v) is 3.54. The van der Waals surface area contributed by atoms with Crippen LogP contribution >= 0.6 is 0 Å². The Morgan fingerprint density at radius 3 is 2.53 bits per heavy atom. The zero-order chi connectivity index (χ0) is 11.1. The Bertz CT molecular complexity index is 235. The summed E-state index contributed by atoms with van der Waals surface area (Å²) in [5.41, 5.74) is -1.46. The third-order valence-electron chi connectivity index (χ3n) is 3.54. The molecule has 0 spiro atoms. The molecule has 0 bridgehead atoms. The molecule has 1 aliphatic heterocycles. The van der Waals surface area contributed by atoms with Gasteiger partial charge in [-0.25, -0.2) is 0 Å². The summed E-state index contributed by atoms with van der Waals surface area (Å²) in [6.45, 7) is 3.95. The quantitative estimate of drug-likeness (QED) is 0.782. The van der Waals surface area contributed by atoms with E-state index in [0.29, 0.717) is 13.1 Å². The first-order valence-corrected chi connectivity index (χ1v) is 5.55. The van der Waals surface area contributed by atoms with Crippen LogP contribution in [0, 0.1) is 0 Å². The highest BCUT2D eigenvalue weighted by molar-refractivity contribution is 5.11. The first-order chi connectivity index (χ1) is 6.99. The number of halogens is 3. The molecule has 5 heteroatoms. The number of nitrogens with zero attached hydrogens (tertiary/aromatic N) is 1. The molecule has 1 unspecified atom stereocenters. The Balaban J connectivity index is 1.96. The number of nitrogens with one attached hydrogen (secondary N) is 1. The molecule has 15 heavy (non-hydrogen) atoms. The fourth-order valence-corrected chi connectivity index (χ4v) is 2.50. The molecule has 0 radical (unpaired) electrons. The van der Waals surface area contributed by atoms with Crippen molar-refractivity contribution in [1.82, 2.24) is 10.2 Å². The van der Waals surface area contributed by atoms with Gasteiger partial charge in [-0.1, -0.05) is 6.92 Å². The number of hydrogen-bond donors (Lipinski definition) is 1. The van der Waals surface area contributed by atoms with Crippen molar-refractivity contribution < 1.29 is 13.2 Å². The third kappa shape index (κ3) is 1.87. The Morgan fingerprint density at radius 2 is 2.07 bits per heavy atom. The maximum absolute atomic E-state index is 12.8. The van der Waals surface area contributed by atoms with E-state index in [9.17, 15) is 13.2 Å². The van der Waals surface area contributed by atoms with Gasteiger partial charge in [-0.2, -0.15) is 13.2 Å². The van der Waals surface area contributed by atoms with E-state index in [2.05, 4.69) is 5.32 Å². The van der Waals surface area contributed by atoms with Crippen LogP contribution in [0.2, 0.25) is 0 Å². The van der Waals surface area contributed by atoms with Crippen LogP contribution in [-0.2, 0) is 0 Å². The molecule has 2 rings (SSSR count). The zero-order valence-corrected chi connectivity index (χ0v) is 8.90. The van der Waals surface area contributed by atoms with Gasteiger partial charge in [0.2, 0.25) is 0 Å². The standard InChI is InChI=1S/C10H17F3N2/c1-2-14-8-3-6-15(7-8)9(4-5-9)10(11,12)13/h8,14H,2-7H2,1H3. The Kier molecular flexibility index (Phi) is 2.71. The second-order valence-corrected chi connectivity index (χ2v) is 4.52. The SMILES string of the molecule is CCNC1CCN(C2(C(F)(F)F)CC2)C1. The fraction of sp³-hybridized carbons (Fsp3) is 1.00. The molecule has 0 aromatic rings. The van der Waals surface area contributed by atoms with E-state index in [1.54, 1.807) is 4.90 Å². The molecule has 0 aromatic carbocycles. The lowest BCUT2D eigenvalue weighted by molar-refractivity contribution is -0.193. The van der Waals surface area contributed by atoms with Gasteiger partial charge in [0.25, 0.3) is 0 Å². The van der Waals surface area contributed by atoms with Gasteiger partial charge in [-0.05, 0) is 25.8 Å². The summed E-state index contributed by atoms with van der Waals surface area (Å²) >= 11 is 0. The lowest BCUT2D eigenvalue weighted by atomic mass is 10.2. The molecular weight excluding hydrogens is 205 g/mol. The van der Waals surface area contributed by atoms with Gasteiger partial charge in [0.1, 0.15) is 5.54 Å². The van der Waals surface area contributed by atoms with Crippen LogP contribution < -0.4 is 5.32 Å². The first kappa shape index (κ1) is 11.2. The van der Waals surface area contributed by atoms with E-state index < -0.39 is 11.7 Å². The van der Waals surface area contributed by atoms with Gasteiger partial charge in [0, 0.05) is 19.1 Å². The molecule has 2 aliphatic rings. The van der Waals surface area contributed by atoms with E-state index in [1.165, 1.54) is 0 Å². The molecule has 1 N–H and O–H groups in total. The van der Waals surface area contributed by atoms with Crippen molar-refractivity contribution in [3.8, 4) is 0 Å². The predicted octanol–water partition coefficient (Wildman–Crippen LogP) is 1.77. The van der Waals surface area contributed by atoms with Crippen LogP contribution in [0.4, 0.5) is 13.2 Å². The second kappa shape index (κ2) is 3.63. The Labute approximate surface area is 87.8 Å². The highest BCUT2D eigenvalue weighted by atomic mass is 19.4. The molecule has 2 nitrogen and oxygen atoms in total. The normalized spacial score (nSPS) is 30.8. The van der Waals surface area contributed by atoms with E-state index >= 15 is 0 Å². The van der Waals surface area contributed by atoms with E-state index in [-0.39, 0.29) is 18.9 Å². The van der Waals surface area contributed by atoms with E-state index in [0.717, 1.165) is 13.0 Å². The Morgan fingerprint density at radius 1 is 1.40 bits per heavy atom. The zero-order valence-electron chi connectivity index (χ0n) is 8.90. The summed E-state index contributed by atoms with van der Waals surface area (Å²) in [5.74, 6) is 0. The molecule has 1 heterocycles. The average molecular weight is 222 g/mol. The molecule has 88 valence electrons. The summed E-state index contributed by atoms with van der Waals surface area (Å²) < 4.78 is 38.4. The molecule has 1 aliphatic carbocycles. The fourth-order valence-electron chi connectivity index (χ4n) is 2.50. The summed E-state index contributed by atoms with van der Waals surface area (Å²) in [7, 11) is 0. The topological polar surface area (TPSA) is 15.3 Å². The largest absolute Gasteiger partial charge is 0.406 e. The minimum atomic E-state index is -4.05. The lowest BCUT2D eigenvalue weighted by Gasteiger charge is -2.29. The van der Waals surface area contributed by atoms with Crippen molar-refractivity contribution in [3.63, 3.8) is 0 Å². The second-order valence-electron chi connectivity index (χ2n) is 4.52. The molecule has 1 atom stereocenters. The van der Waals surface area contributed by atoms with Crippen LogP contribution in [0.15, 0.2) is 0 Å². The first-order valence-electron chi connectivity index (χ1n) is 5.55. The van der Waals surface area contributed by atoms with Crippen molar-refractivity contribution in [2.24, 2.45) is 0 Å². The van der Waals surface area contributed by atoms with Crippen molar-refractivity contribution in [3.05, 3.63) is 0 Å². The highest BCUT2D eigenvalue weighted by Crippen LogP contribution is 2.54. The summed E-state index contributed by atoms with van der Waals surface area (Å²) in [5, 5.41) is 3.22. The number of likely N-dealkylation sites (N-methyl/N-ethyl adjacent to an activating group) is 1. The molecule has 2 fully saturated rings. The van der Waals surface area contributed by atoms with Crippen molar-refractivity contribution in [1.29, 1.82) is 0 Å². The van der Waals surface area contributed by atoms with Gasteiger partial charge in [0.15, 0.2) is 0 Å². The van der Waals surface area contributed by atoms with Gasteiger partial charge in [-0.15, -0.1) is 0 Å². The monoisotopic (exact) mass is 222 g/mol. The van der Waals surface area contributed by atoms with E-state index in [1.807, 2.05) is 6.92 Å². The van der Waals surface area contributed by atoms with Crippen LogP contribution in [0.25, 0.3) is 0 Å². The molecular formula is C10H17F3N2. The maximum Gasteiger partial charge on any atom is 0.406 e.